The number of unbranched alkanes of at least 4 members (excludes halogenated alkanes) is 10. The maximum atomic E-state index is 11.9. The number of nitrogens with zero attached hydrogens (tertiary/aromatic N) is 1. The number of rotatable bonds is 21. The minimum Gasteiger partial charge on any atom is -0.463 e. The number of carbonyl (C=O) groups excluding carboxylic acids is 1. The van der Waals surface area contributed by atoms with Crippen LogP contribution in [0.5, 0.6) is 0 Å². The Morgan fingerprint density at radius 2 is 1.57 bits per heavy atom. The third kappa shape index (κ3) is 19.8. The molecule has 0 fully saturated rings. The van der Waals surface area contributed by atoms with Gasteiger partial charge in [-0.15, -0.1) is 0 Å². The molecule has 0 heterocycles. The summed E-state index contributed by atoms with van der Waals surface area (Å²) >= 11 is 9.35. The maximum absolute atomic E-state index is 11.9. The Morgan fingerprint density at radius 1 is 1.00 bits per heavy atom. The van der Waals surface area contributed by atoms with Gasteiger partial charge < -0.3 is 18.5 Å². The molecule has 6 nitrogen and oxygen atoms in total. The van der Waals surface area contributed by atoms with E-state index in [9.17, 15) is 4.79 Å². The highest BCUT2D eigenvalue weighted by Crippen LogP contribution is 2.53. The number of nitriles is 1. The highest BCUT2D eigenvalue weighted by atomic mass is 32.9. The Kier molecular flexibility index (Phi) is 20.6. The highest BCUT2D eigenvalue weighted by Gasteiger charge is 2.18. The smallest absolute Gasteiger partial charge is 0.305 e. The predicted octanol–water partition coefficient (Wildman–Crippen LogP) is 6.35. The average molecular weight is 482 g/mol. The zero-order valence-electron chi connectivity index (χ0n) is 18.7. The van der Waals surface area contributed by atoms with E-state index >= 15 is 0 Å². The van der Waals surface area contributed by atoms with Crippen molar-refractivity contribution in [2.75, 3.05) is 26.9 Å². The van der Waals surface area contributed by atoms with Gasteiger partial charge in [-0.3, -0.25) is 4.79 Å². The lowest BCUT2D eigenvalue weighted by Crippen LogP contribution is -2.25. The standard InChI is InChI=1S/C21H40NO5PS2/c1-3-4-5-6-7-8-9-10-11-12-13-15-21(23)25-18-20(24-2)19-27-28(29,30)26-17-14-16-22/h20H,3-15,17-19H2,1-2H3,(H,29,30). The predicted molar refractivity (Wildman–Crippen MR) is 128 cm³/mol. The monoisotopic (exact) mass is 481 g/mol. The third-order valence-electron chi connectivity index (χ3n) is 4.64. The van der Waals surface area contributed by atoms with E-state index in [0.29, 0.717) is 6.42 Å². The number of hydrogen-bond donors (Lipinski definition) is 1. The van der Waals surface area contributed by atoms with E-state index < -0.39 is 11.8 Å². The van der Waals surface area contributed by atoms with Crippen molar-refractivity contribution in [1.29, 1.82) is 5.26 Å². The molecular weight excluding hydrogens is 441 g/mol. The van der Waals surface area contributed by atoms with Crippen molar-refractivity contribution in [2.45, 2.75) is 96.5 Å². The number of methoxy groups -OCH3 is 1. The van der Waals surface area contributed by atoms with E-state index in [-0.39, 0.29) is 32.2 Å². The Balaban J connectivity index is 3.69. The molecule has 0 radical (unpaired) electrons. The molecule has 0 saturated carbocycles. The maximum Gasteiger partial charge on any atom is 0.305 e. The molecule has 0 aliphatic carbocycles. The molecule has 0 bridgehead atoms. The topological polar surface area (TPSA) is 77.8 Å². The summed E-state index contributed by atoms with van der Waals surface area (Å²) in [5.74, 6) is -0.219. The van der Waals surface area contributed by atoms with E-state index in [2.05, 4.69) is 19.2 Å². The Hall–Kier alpha value is -0.160. The first kappa shape index (κ1) is 29.8. The molecule has 2 atom stereocenters. The first-order valence-electron chi connectivity index (χ1n) is 11.1. The molecule has 9 heteroatoms. The van der Waals surface area contributed by atoms with Crippen molar-refractivity contribution >= 4 is 35.7 Å². The normalized spacial score (nSPS) is 14.1. The van der Waals surface area contributed by atoms with Crippen molar-refractivity contribution in [2.24, 2.45) is 0 Å². The molecule has 176 valence electrons. The van der Waals surface area contributed by atoms with Crippen molar-refractivity contribution in [3.63, 3.8) is 0 Å². The van der Waals surface area contributed by atoms with Crippen molar-refractivity contribution < 1.29 is 23.3 Å². The lowest BCUT2D eigenvalue weighted by atomic mass is 10.1. The lowest BCUT2D eigenvalue weighted by molar-refractivity contribution is -0.148. The van der Waals surface area contributed by atoms with Crippen LogP contribution in [0.25, 0.3) is 0 Å². The number of thiol groups is 1. The fourth-order valence-corrected chi connectivity index (χ4v) is 4.40. The molecule has 0 aliphatic rings. The quantitative estimate of drug-likeness (QED) is 0.0886. The molecule has 0 saturated heterocycles. The molecule has 2 unspecified atom stereocenters. The minimum atomic E-state index is -2.72. The Morgan fingerprint density at radius 3 is 2.10 bits per heavy atom. The SMILES string of the molecule is CCCCCCCCCCCCCC(=O)OCC(COP(=S)(S)OCCC#N)OC. The van der Waals surface area contributed by atoms with E-state index in [1.807, 2.05) is 6.07 Å². The zero-order valence-corrected chi connectivity index (χ0v) is 21.3. The van der Waals surface area contributed by atoms with Crippen LogP contribution in [-0.4, -0.2) is 39.0 Å². The molecule has 0 N–H and O–H groups in total. The van der Waals surface area contributed by atoms with Crippen LogP contribution in [0.1, 0.15) is 90.4 Å². The van der Waals surface area contributed by atoms with Gasteiger partial charge in [-0.05, 0) is 18.2 Å². The average Bonchev–Trinajstić information content (AvgIpc) is 2.72. The van der Waals surface area contributed by atoms with Gasteiger partial charge in [0.1, 0.15) is 12.7 Å². The van der Waals surface area contributed by atoms with E-state index in [4.69, 9.17) is 35.6 Å². The van der Waals surface area contributed by atoms with Crippen LogP contribution in [-0.2, 0) is 35.1 Å². The van der Waals surface area contributed by atoms with E-state index in [1.165, 1.54) is 64.9 Å². The van der Waals surface area contributed by atoms with Crippen LogP contribution in [0.2, 0.25) is 0 Å². The third-order valence-corrected chi connectivity index (χ3v) is 6.95. The van der Waals surface area contributed by atoms with Gasteiger partial charge in [-0.25, -0.2) is 0 Å². The summed E-state index contributed by atoms with van der Waals surface area (Å²) in [5, 5.41) is 8.51. The summed E-state index contributed by atoms with van der Waals surface area (Å²) in [6.45, 7) is 2.65. The van der Waals surface area contributed by atoms with Gasteiger partial charge in [-0.2, -0.15) is 5.26 Å². The van der Waals surface area contributed by atoms with Crippen LogP contribution in [0.15, 0.2) is 0 Å². The molecule has 0 aromatic heterocycles. The summed E-state index contributed by atoms with van der Waals surface area (Å²) in [5.41, 5.74) is -2.72. The van der Waals surface area contributed by atoms with Gasteiger partial charge in [0.15, 0.2) is 0 Å². The van der Waals surface area contributed by atoms with Crippen molar-refractivity contribution in [3.05, 3.63) is 0 Å². The van der Waals surface area contributed by atoms with Gasteiger partial charge in [0.25, 0.3) is 0 Å². The summed E-state index contributed by atoms with van der Waals surface area (Å²) in [7, 11) is 1.52. The molecule has 30 heavy (non-hydrogen) atoms. The minimum absolute atomic E-state index is 0.106. The van der Waals surface area contributed by atoms with Crippen LogP contribution < -0.4 is 0 Å². The second kappa shape index (κ2) is 20.7. The van der Waals surface area contributed by atoms with Crippen LogP contribution in [0.3, 0.4) is 0 Å². The molecule has 0 rings (SSSR count). The summed E-state index contributed by atoms with van der Waals surface area (Å²) < 4.78 is 21.3. The van der Waals surface area contributed by atoms with Crippen molar-refractivity contribution in [3.8, 4) is 6.07 Å². The largest absolute Gasteiger partial charge is 0.463 e. The fraction of sp³-hybridized carbons (Fsp3) is 0.905. The van der Waals surface area contributed by atoms with Crippen LogP contribution >= 0.6 is 17.9 Å². The lowest BCUT2D eigenvalue weighted by Gasteiger charge is -2.20. The molecule has 0 spiro atoms. The van der Waals surface area contributed by atoms with Gasteiger partial charge >= 0.3 is 5.97 Å². The second-order valence-electron chi connectivity index (χ2n) is 7.33. The summed E-state index contributed by atoms with van der Waals surface area (Å²) in [6.07, 6.45) is 13.9. The first-order valence-corrected chi connectivity index (χ1v) is 14.9. The molecule has 0 aromatic carbocycles. The molecule has 0 amide bonds. The zero-order chi connectivity index (χ0) is 22.5. The van der Waals surface area contributed by atoms with E-state index in [0.717, 1.165) is 12.8 Å². The molecular formula is C21H40NO5PS2. The number of esters is 1. The Labute approximate surface area is 193 Å². The number of carbonyl (C=O) groups is 1. The van der Waals surface area contributed by atoms with Crippen LogP contribution in [0, 0.1) is 11.3 Å². The second-order valence-corrected chi connectivity index (χ2v) is 12.6. The molecule has 0 aliphatic heterocycles. The van der Waals surface area contributed by atoms with Gasteiger partial charge in [0.05, 0.1) is 25.7 Å². The van der Waals surface area contributed by atoms with Crippen molar-refractivity contribution in [1.82, 2.24) is 0 Å². The summed E-state index contributed by atoms with van der Waals surface area (Å²) in [6, 6.07) is 1.97. The Bertz CT molecular complexity index is 516. The fourth-order valence-electron chi connectivity index (χ4n) is 2.80. The first-order chi connectivity index (χ1) is 14.4. The van der Waals surface area contributed by atoms with E-state index in [1.54, 1.807) is 0 Å². The highest BCUT2D eigenvalue weighted by molar-refractivity contribution is 8.60. The van der Waals surface area contributed by atoms with Gasteiger partial charge in [0, 0.05) is 13.5 Å². The molecule has 0 aromatic rings. The summed E-state index contributed by atoms with van der Waals surface area (Å²) in [4.78, 5) is 11.9. The van der Waals surface area contributed by atoms with Gasteiger partial charge in [-0.1, -0.05) is 83.4 Å². The number of hydrogen-bond acceptors (Lipinski definition) is 7. The van der Waals surface area contributed by atoms with Gasteiger partial charge in [0.2, 0.25) is 5.69 Å². The van der Waals surface area contributed by atoms with Crippen LogP contribution in [0.4, 0.5) is 0 Å². The number of ether oxygens (including phenoxy) is 2.